The van der Waals surface area contributed by atoms with Crippen LogP contribution >= 0.6 is 0 Å². The molecule has 1 aromatic rings. The van der Waals surface area contributed by atoms with Crippen molar-refractivity contribution in [3.05, 3.63) is 35.6 Å². The Balaban J connectivity index is 2.70. The molecule has 0 fully saturated rings. The highest BCUT2D eigenvalue weighted by atomic mass is 19.1. The lowest BCUT2D eigenvalue weighted by Gasteiger charge is -2.27. The van der Waals surface area contributed by atoms with Gasteiger partial charge in [-0.2, -0.15) is 0 Å². The van der Waals surface area contributed by atoms with Crippen LogP contribution in [-0.4, -0.2) is 24.5 Å². The molecule has 0 aliphatic heterocycles. The first-order valence-electron chi connectivity index (χ1n) is 5.76. The Labute approximate surface area is 97.3 Å². The van der Waals surface area contributed by atoms with Crippen LogP contribution in [-0.2, 0) is 0 Å². The molecule has 0 radical (unpaired) electrons. The highest BCUT2D eigenvalue weighted by Crippen LogP contribution is 2.21. The number of nitrogens with two attached hydrogens (primary N) is 1. The number of hydrogen-bond donors (Lipinski definition) is 1. The molecular formula is C13H21FN2. The van der Waals surface area contributed by atoms with Crippen molar-refractivity contribution in [2.75, 3.05) is 13.6 Å². The van der Waals surface area contributed by atoms with Crippen LogP contribution in [0.1, 0.15) is 31.9 Å². The third-order valence-corrected chi connectivity index (χ3v) is 3.06. The van der Waals surface area contributed by atoms with Gasteiger partial charge in [-0.25, -0.2) is 4.39 Å². The second-order valence-corrected chi connectivity index (χ2v) is 4.31. The molecular weight excluding hydrogens is 203 g/mol. The average Bonchev–Trinajstić information content (AvgIpc) is 2.28. The first-order chi connectivity index (χ1) is 7.56. The predicted molar refractivity (Wildman–Crippen MR) is 65.7 cm³/mol. The van der Waals surface area contributed by atoms with Crippen LogP contribution in [0, 0.1) is 5.82 Å². The van der Waals surface area contributed by atoms with Gasteiger partial charge >= 0.3 is 0 Å². The van der Waals surface area contributed by atoms with Gasteiger partial charge in [0.1, 0.15) is 5.82 Å². The highest BCUT2D eigenvalue weighted by molar-refractivity contribution is 5.20. The Kier molecular flexibility index (Phi) is 4.90. The van der Waals surface area contributed by atoms with Crippen LogP contribution in [0.25, 0.3) is 0 Å². The Morgan fingerprint density at radius 1 is 1.38 bits per heavy atom. The summed E-state index contributed by atoms with van der Waals surface area (Å²) in [6.45, 7) is 4.85. The van der Waals surface area contributed by atoms with Crippen LogP contribution in [0.2, 0.25) is 0 Å². The van der Waals surface area contributed by atoms with Crippen molar-refractivity contribution in [1.29, 1.82) is 0 Å². The van der Waals surface area contributed by atoms with E-state index in [1.165, 1.54) is 6.07 Å². The van der Waals surface area contributed by atoms with Gasteiger partial charge in [0.2, 0.25) is 0 Å². The van der Waals surface area contributed by atoms with E-state index < -0.39 is 0 Å². The van der Waals surface area contributed by atoms with Crippen LogP contribution < -0.4 is 5.73 Å². The minimum atomic E-state index is -0.146. The van der Waals surface area contributed by atoms with Crippen molar-refractivity contribution in [2.45, 2.75) is 32.4 Å². The minimum absolute atomic E-state index is 0.0544. The van der Waals surface area contributed by atoms with E-state index in [1.54, 1.807) is 6.07 Å². The fourth-order valence-corrected chi connectivity index (χ4v) is 1.71. The van der Waals surface area contributed by atoms with Gasteiger partial charge in [-0.1, -0.05) is 25.1 Å². The molecule has 3 heteroatoms. The van der Waals surface area contributed by atoms with Crippen molar-refractivity contribution in [3.8, 4) is 0 Å². The summed E-state index contributed by atoms with van der Waals surface area (Å²) in [7, 11) is 1.98. The quantitative estimate of drug-likeness (QED) is 0.833. The minimum Gasteiger partial charge on any atom is -0.327 e. The van der Waals surface area contributed by atoms with Crippen LogP contribution in [0.3, 0.4) is 0 Å². The molecule has 2 N–H and O–H groups in total. The SMILES string of the molecule is CCC(N)CN(C)C(C)c1ccccc1F. The fourth-order valence-electron chi connectivity index (χ4n) is 1.71. The summed E-state index contributed by atoms with van der Waals surface area (Å²) < 4.78 is 13.6. The third kappa shape index (κ3) is 3.29. The van der Waals surface area contributed by atoms with Gasteiger partial charge in [0.15, 0.2) is 0 Å². The molecule has 2 atom stereocenters. The zero-order valence-electron chi connectivity index (χ0n) is 10.3. The van der Waals surface area contributed by atoms with Crippen molar-refractivity contribution in [3.63, 3.8) is 0 Å². The molecule has 1 rings (SSSR count). The molecule has 0 amide bonds. The van der Waals surface area contributed by atoms with Crippen LogP contribution in [0.5, 0.6) is 0 Å². The molecule has 0 heterocycles. The molecule has 1 aromatic carbocycles. The van der Waals surface area contributed by atoms with E-state index in [4.69, 9.17) is 5.73 Å². The zero-order valence-corrected chi connectivity index (χ0v) is 10.3. The number of benzene rings is 1. The van der Waals surface area contributed by atoms with E-state index in [0.717, 1.165) is 18.5 Å². The molecule has 0 bridgehead atoms. The zero-order chi connectivity index (χ0) is 12.1. The van der Waals surface area contributed by atoms with Crippen molar-refractivity contribution < 1.29 is 4.39 Å². The molecule has 0 aromatic heterocycles. The summed E-state index contributed by atoms with van der Waals surface area (Å²) in [6, 6.07) is 7.11. The number of nitrogens with zero attached hydrogens (tertiary/aromatic N) is 1. The fraction of sp³-hybridized carbons (Fsp3) is 0.538. The summed E-state index contributed by atoms with van der Waals surface area (Å²) >= 11 is 0. The smallest absolute Gasteiger partial charge is 0.127 e. The maximum atomic E-state index is 13.6. The van der Waals surface area contributed by atoms with E-state index in [-0.39, 0.29) is 17.9 Å². The Bertz CT molecular complexity index is 327. The standard InChI is InChI=1S/C13H21FN2/c1-4-11(15)9-16(3)10(2)12-7-5-6-8-13(12)14/h5-8,10-11H,4,9,15H2,1-3H3. The number of rotatable bonds is 5. The summed E-state index contributed by atoms with van der Waals surface area (Å²) in [5, 5.41) is 0. The van der Waals surface area contributed by atoms with E-state index in [0.29, 0.717) is 0 Å². The van der Waals surface area contributed by atoms with Gasteiger partial charge in [-0.05, 0) is 26.5 Å². The Morgan fingerprint density at radius 2 is 2.00 bits per heavy atom. The van der Waals surface area contributed by atoms with E-state index in [9.17, 15) is 4.39 Å². The maximum Gasteiger partial charge on any atom is 0.127 e. The topological polar surface area (TPSA) is 29.3 Å². The summed E-state index contributed by atoms with van der Waals surface area (Å²) in [6.07, 6.45) is 0.939. The first-order valence-corrected chi connectivity index (χ1v) is 5.76. The van der Waals surface area contributed by atoms with Gasteiger partial charge in [0, 0.05) is 24.2 Å². The normalized spacial score (nSPS) is 15.1. The molecule has 2 nitrogen and oxygen atoms in total. The molecule has 2 unspecified atom stereocenters. The van der Waals surface area contributed by atoms with E-state index in [2.05, 4.69) is 11.8 Å². The molecule has 0 saturated carbocycles. The van der Waals surface area contributed by atoms with E-state index >= 15 is 0 Å². The largest absolute Gasteiger partial charge is 0.327 e. The Morgan fingerprint density at radius 3 is 2.56 bits per heavy atom. The highest BCUT2D eigenvalue weighted by Gasteiger charge is 2.16. The van der Waals surface area contributed by atoms with Gasteiger partial charge in [-0.15, -0.1) is 0 Å². The summed E-state index contributed by atoms with van der Waals surface area (Å²) in [5.41, 5.74) is 6.62. The second-order valence-electron chi connectivity index (χ2n) is 4.31. The Hall–Kier alpha value is -0.930. The number of likely N-dealkylation sites (N-methyl/N-ethyl adjacent to an activating group) is 1. The van der Waals surface area contributed by atoms with Crippen LogP contribution in [0.15, 0.2) is 24.3 Å². The molecule has 16 heavy (non-hydrogen) atoms. The lowest BCUT2D eigenvalue weighted by molar-refractivity contribution is 0.238. The van der Waals surface area contributed by atoms with Crippen molar-refractivity contribution >= 4 is 0 Å². The van der Waals surface area contributed by atoms with Crippen molar-refractivity contribution in [1.82, 2.24) is 4.90 Å². The monoisotopic (exact) mass is 224 g/mol. The van der Waals surface area contributed by atoms with E-state index in [1.807, 2.05) is 26.1 Å². The predicted octanol–water partition coefficient (Wildman–Crippen LogP) is 2.56. The molecule has 90 valence electrons. The average molecular weight is 224 g/mol. The molecule has 0 spiro atoms. The number of halogens is 1. The van der Waals surface area contributed by atoms with Gasteiger partial charge in [-0.3, -0.25) is 4.90 Å². The lowest BCUT2D eigenvalue weighted by atomic mass is 10.1. The molecule has 0 aliphatic rings. The maximum absolute atomic E-state index is 13.6. The third-order valence-electron chi connectivity index (χ3n) is 3.06. The summed E-state index contributed by atoms with van der Waals surface area (Å²) in [4.78, 5) is 2.09. The molecule has 0 saturated heterocycles. The molecule has 0 aliphatic carbocycles. The lowest BCUT2D eigenvalue weighted by Crippen LogP contribution is -2.36. The summed E-state index contributed by atoms with van der Waals surface area (Å²) in [5.74, 6) is -0.146. The van der Waals surface area contributed by atoms with Gasteiger partial charge in [0.05, 0.1) is 0 Å². The van der Waals surface area contributed by atoms with Gasteiger partial charge in [0.25, 0.3) is 0 Å². The van der Waals surface area contributed by atoms with Crippen LogP contribution in [0.4, 0.5) is 4.39 Å². The second kappa shape index (κ2) is 5.97. The van der Waals surface area contributed by atoms with Gasteiger partial charge < -0.3 is 5.73 Å². The first kappa shape index (κ1) is 13.1. The number of hydrogen-bond acceptors (Lipinski definition) is 2. The van der Waals surface area contributed by atoms with Crippen molar-refractivity contribution in [2.24, 2.45) is 5.73 Å².